The van der Waals surface area contributed by atoms with Gasteiger partial charge in [-0.2, -0.15) is 0 Å². The summed E-state index contributed by atoms with van der Waals surface area (Å²) in [7, 11) is 1.64. The zero-order chi connectivity index (χ0) is 14.4. The highest BCUT2D eigenvalue weighted by molar-refractivity contribution is 5.74. The fourth-order valence-electron chi connectivity index (χ4n) is 2.68. The maximum Gasteiger partial charge on any atom is 0.315 e. The lowest BCUT2D eigenvalue weighted by Gasteiger charge is -2.29. The second-order valence-corrected chi connectivity index (χ2v) is 5.54. The minimum absolute atomic E-state index is 0.0698. The Hall–Kier alpha value is -1.71. The van der Waals surface area contributed by atoms with Gasteiger partial charge in [-0.25, -0.2) is 4.79 Å². The normalized spacial score (nSPS) is 22.1. The van der Waals surface area contributed by atoms with Crippen LogP contribution in [-0.2, 0) is 6.54 Å². The van der Waals surface area contributed by atoms with Gasteiger partial charge in [0.1, 0.15) is 5.75 Å². The Balaban J connectivity index is 1.76. The van der Waals surface area contributed by atoms with Crippen LogP contribution in [0.4, 0.5) is 4.79 Å². The first-order valence-electron chi connectivity index (χ1n) is 7.36. The average Bonchev–Trinajstić information content (AvgIpc) is 2.48. The largest absolute Gasteiger partial charge is 0.497 e. The quantitative estimate of drug-likeness (QED) is 0.888. The molecule has 1 aliphatic carbocycles. The predicted molar refractivity (Wildman–Crippen MR) is 79.8 cm³/mol. The minimum atomic E-state index is -0.0698. The van der Waals surface area contributed by atoms with Gasteiger partial charge in [0.25, 0.3) is 0 Å². The number of amides is 2. The van der Waals surface area contributed by atoms with E-state index in [2.05, 4.69) is 17.6 Å². The monoisotopic (exact) mass is 276 g/mol. The van der Waals surface area contributed by atoms with Crippen LogP contribution in [0.1, 0.15) is 38.2 Å². The van der Waals surface area contributed by atoms with E-state index in [-0.39, 0.29) is 6.03 Å². The first-order valence-corrected chi connectivity index (χ1v) is 7.36. The van der Waals surface area contributed by atoms with E-state index in [0.717, 1.165) is 17.7 Å². The minimum Gasteiger partial charge on any atom is -0.497 e. The van der Waals surface area contributed by atoms with Crippen LogP contribution in [0.2, 0.25) is 0 Å². The molecular formula is C16H24N2O2. The van der Waals surface area contributed by atoms with Gasteiger partial charge in [-0.1, -0.05) is 31.9 Å². The predicted octanol–water partition coefficient (Wildman–Crippen LogP) is 3.07. The summed E-state index contributed by atoms with van der Waals surface area (Å²) in [6, 6.07) is 7.97. The molecule has 0 aromatic heterocycles. The number of ether oxygens (including phenoxy) is 1. The van der Waals surface area contributed by atoms with Crippen LogP contribution in [-0.4, -0.2) is 19.2 Å². The summed E-state index contributed by atoms with van der Waals surface area (Å²) < 4.78 is 5.11. The number of rotatable bonds is 4. The zero-order valence-electron chi connectivity index (χ0n) is 12.3. The second-order valence-electron chi connectivity index (χ2n) is 5.54. The Morgan fingerprint density at radius 2 is 1.95 bits per heavy atom. The lowest BCUT2D eigenvalue weighted by Crippen LogP contribution is -2.45. The van der Waals surface area contributed by atoms with Crippen LogP contribution in [0.5, 0.6) is 5.75 Å². The van der Waals surface area contributed by atoms with Crippen molar-refractivity contribution in [3.8, 4) is 5.75 Å². The third-order valence-electron chi connectivity index (χ3n) is 4.04. The molecule has 1 fully saturated rings. The zero-order valence-corrected chi connectivity index (χ0v) is 12.3. The topological polar surface area (TPSA) is 50.4 Å². The number of nitrogens with one attached hydrogen (secondary N) is 2. The maximum absolute atomic E-state index is 11.9. The van der Waals surface area contributed by atoms with Crippen molar-refractivity contribution in [2.75, 3.05) is 7.11 Å². The van der Waals surface area contributed by atoms with Crippen LogP contribution in [0.15, 0.2) is 24.3 Å². The summed E-state index contributed by atoms with van der Waals surface area (Å²) in [6.45, 7) is 2.75. The Kier molecular flexibility index (Phi) is 5.27. The van der Waals surface area contributed by atoms with Gasteiger partial charge in [-0.05, 0) is 36.5 Å². The van der Waals surface area contributed by atoms with Crippen molar-refractivity contribution < 1.29 is 9.53 Å². The van der Waals surface area contributed by atoms with Crippen molar-refractivity contribution in [3.63, 3.8) is 0 Å². The van der Waals surface area contributed by atoms with Crippen LogP contribution < -0.4 is 15.4 Å². The van der Waals surface area contributed by atoms with Gasteiger partial charge >= 0.3 is 6.03 Å². The Labute approximate surface area is 120 Å². The fraction of sp³-hybridized carbons (Fsp3) is 0.562. The molecule has 2 N–H and O–H groups in total. The van der Waals surface area contributed by atoms with Crippen molar-refractivity contribution in [3.05, 3.63) is 29.8 Å². The van der Waals surface area contributed by atoms with Crippen LogP contribution in [0.25, 0.3) is 0 Å². The van der Waals surface area contributed by atoms with Gasteiger partial charge in [0.2, 0.25) is 0 Å². The smallest absolute Gasteiger partial charge is 0.315 e. The van der Waals surface area contributed by atoms with Crippen LogP contribution >= 0.6 is 0 Å². The summed E-state index contributed by atoms with van der Waals surface area (Å²) in [4.78, 5) is 11.9. The molecule has 0 bridgehead atoms. The van der Waals surface area contributed by atoms with Gasteiger partial charge in [0, 0.05) is 12.6 Å². The molecule has 0 heterocycles. The van der Waals surface area contributed by atoms with E-state index in [0.29, 0.717) is 18.5 Å². The molecule has 0 aliphatic heterocycles. The Morgan fingerprint density at radius 1 is 1.25 bits per heavy atom. The molecule has 1 aliphatic rings. The third kappa shape index (κ3) is 4.15. The van der Waals surface area contributed by atoms with E-state index in [4.69, 9.17) is 4.74 Å². The van der Waals surface area contributed by atoms with Crippen molar-refractivity contribution in [2.45, 2.75) is 45.2 Å². The first-order chi connectivity index (χ1) is 9.69. The van der Waals surface area contributed by atoms with Crippen molar-refractivity contribution in [1.82, 2.24) is 10.6 Å². The fourth-order valence-corrected chi connectivity index (χ4v) is 2.68. The summed E-state index contributed by atoms with van der Waals surface area (Å²) in [5.41, 5.74) is 1.07. The molecule has 0 spiro atoms. The second kappa shape index (κ2) is 7.17. The molecule has 110 valence electrons. The molecule has 0 saturated heterocycles. The molecule has 1 aromatic carbocycles. The lowest BCUT2D eigenvalue weighted by molar-refractivity contribution is 0.221. The van der Waals surface area contributed by atoms with Crippen molar-refractivity contribution in [2.24, 2.45) is 5.92 Å². The third-order valence-corrected chi connectivity index (χ3v) is 4.04. The average molecular weight is 276 g/mol. The molecule has 0 unspecified atom stereocenters. The molecule has 0 radical (unpaired) electrons. The lowest BCUT2D eigenvalue weighted by atomic mass is 9.86. The van der Waals surface area contributed by atoms with Crippen molar-refractivity contribution in [1.29, 1.82) is 0 Å². The molecule has 2 amide bonds. The van der Waals surface area contributed by atoms with Crippen LogP contribution in [0, 0.1) is 5.92 Å². The Bertz CT molecular complexity index is 431. The van der Waals surface area contributed by atoms with E-state index < -0.39 is 0 Å². The molecule has 4 heteroatoms. The number of carbonyl (C=O) groups excluding carboxylic acids is 1. The molecule has 2 rings (SSSR count). The highest BCUT2D eigenvalue weighted by Gasteiger charge is 2.22. The van der Waals surface area contributed by atoms with E-state index in [1.807, 2.05) is 24.3 Å². The number of urea groups is 1. The summed E-state index contributed by atoms with van der Waals surface area (Å²) in [6.07, 6.45) is 4.81. The van der Waals surface area contributed by atoms with E-state index in [9.17, 15) is 4.79 Å². The van der Waals surface area contributed by atoms with Gasteiger partial charge in [0.05, 0.1) is 7.11 Å². The van der Waals surface area contributed by atoms with Crippen molar-refractivity contribution >= 4 is 6.03 Å². The summed E-state index contributed by atoms with van der Waals surface area (Å²) in [5.74, 6) is 1.41. The molecule has 20 heavy (non-hydrogen) atoms. The van der Waals surface area contributed by atoms with Gasteiger partial charge in [0.15, 0.2) is 0 Å². The SMILES string of the molecule is COc1ccc(CNC(=O)N[C@H]2CCCC[C@@H]2C)cc1. The number of methoxy groups -OCH3 is 1. The summed E-state index contributed by atoms with van der Waals surface area (Å²) >= 11 is 0. The van der Waals surface area contributed by atoms with Gasteiger partial charge < -0.3 is 15.4 Å². The molecule has 4 nitrogen and oxygen atoms in total. The molecule has 2 atom stereocenters. The van der Waals surface area contributed by atoms with Gasteiger partial charge in [-0.15, -0.1) is 0 Å². The van der Waals surface area contributed by atoms with E-state index in [1.165, 1.54) is 19.3 Å². The van der Waals surface area contributed by atoms with Gasteiger partial charge in [-0.3, -0.25) is 0 Å². The summed E-state index contributed by atoms with van der Waals surface area (Å²) in [5, 5.41) is 6.00. The standard InChI is InChI=1S/C16H24N2O2/c1-12-5-3-4-6-15(12)18-16(19)17-11-13-7-9-14(20-2)10-8-13/h7-10,12,15H,3-6,11H2,1-2H3,(H2,17,18,19)/t12-,15-/m0/s1. The number of benzene rings is 1. The van der Waals surface area contributed by atoms with E-state index in [1.54, 1.807) is 7.11 Å². The number of hydrogen-bond acceptors (Lipinski definition) is 2. The highest BCUT2D eigenvalue weighted by atomic mass is 16.5. The first kappa shape index (κ1) is 14.7. The molecule has 1 saturated carbocycles. The Morgan fingerprint density at radius 3 is 2.60 bits per heavy atom. The van der Waals surface area contributed by atoms with E-state index >= 15 is 0 Å². The molecule has 1 aromatic rings. The molecular weight excluding hydrogens is 252 g/mol. The number of carbonyl (C=O) groups is 1. The number of hydrogen-bond donors (Lipinski definition) is 2. The maximum atomic E-state index is 11.9. The highest BCUT2D eigenvalue weighted by Crippen LogP contribution is 2.23. The van der Waals surface area contributed by atoms with Crippen LogP contribution in [0.3, 0.4) is 0 Å².